The van der Waals surface area contributed by atoms with Crippen molar-refractivity contribution < 1.29 is 18.4 Å². The summed E-state index contributed by atoms with van der Waals surface area (Å²) in [6.07, 6.45) is 2.00. The molecule has 1 aliphatic heterocycles. The minimum Gasteiger partial charge on any atom is -0.451 e. The van der Waals surface area contributed by atoms with Crippen LogP contribution < -0.4 is 5.32 Å². The highest BCUT2D eigenvalue weighted by Crippen LogP contribution is 2.29. The second-order valence-electron chi connectivity index (χ2n) is 7.47. The molecule has 2 heterocycles. The van der Waals surface area contributed by atoms with E-state index < -0.39 is 5.82 Å². The number of piperazine rings is 1. The third-order valence-corrected chi connectivity index (χ3v) is 5.89. The molecule has 6 nitrogen and oxygen atoms in total. The van der Waals surface area contributed by atoms with Gasteiger partial charge in [0.25, 0.3) is 5.91 Å². The zero-order valence-electron chi connectivity index (χ0n) is 17.3. The molecule has 0 bridgehead atoms. The first kappa shape index (κ1) is 21.4. The van der Waals surface area contributed by atoms with Gasteiger partial charge in [-0.25, -0.2) is 4.39 Å². The van der Waals surface area contributed by atoms with Crippen LogP contribution >= 0.6 is 11.8 Å². The molecule has 0 spiro atoms. The van der Waals surface area contributed by atoms with Gasteiger partial charge in [0.15, 0.2) is 5.76 Å². The van der Waals surface area contributed by atoms with Crippen molar-refractivity contribution >= 4 is 40.2 Å². The Balaban J connectivity index is 1.36. The van der Waals surface area contributed by atoms with Crippen LogP contribution in [0.1, 0.15) is 16.1 Å². The third kappa shape index (κ3) is 4.91. The molecule has 0 saturated carbocycles. The van der Waals surface area contributed by atoms with Gasteiger partial charge in [-0.2, -0.15) is 11.8 Å². The minimum absolute atomic E-state index is 0.107. The maximum absolute atomic E-state index is 13.3. The average molecular weight is 442 g/mol. The van der Waals surface area contributed by atoms with Gasteiger partial charge in [-0.15, -0.1) is 0 Å². The summed E-state index contributed by atoms with van der Waals surface area (Å²) < 4.78 is 19.2. The Morgan fingerprint density at radius 1 is 1.10 bits per heavy atom. The van der Waals surface area contributed by atoms with Crippen LogP contribution in [0.3, 0.4) is 0 Å². The number of hydrogen-bond acceptors (Lipinski definition) is 5. The van der Waals surface area contributed by atoms with E-state index in [-0.39, 0.29) is 18.4 Å². The lowest BCUT2D eigenvalue weighted by molar-refractivity contribution is -0.117. The molecular weight excluding hydrogens is 417 g/mol. The highest BCUT2D eigenvalue weighted by atomic mass is 32.2. The van der Waals surface area contributed by atoms with Crippen molar-refractivity contribution in [1.82, 2.24) is 9.80 Å². The number of hydrogen-bond donors (Lipinski definition) is 1. The second-order valence-corrected chi connectivity index (χ2v) is 8.33. The predicted molar refractivity (Wildman–Crippen MR) is 121 cm³/mol. The van der Waals surface area contributed by atoms with Gasteiger partial charge in [-0.05, 0) is 30.5 Å². The van der Waals surface area contributed by atoms with E-state index in [1.54, 1.807) is 28.8 Å². The number of amides is 2. The van der Waals surface area contributed by atoms with Gasteiger partial charge in [-0.3, -0.25) is 14.5 Å². The molecule has 1 fully saturated rings. The van der Waals surface area contributed by atoms with Crippen molar-refractivity contribution in [2.24, 2.45) is 0 Å². The predicted octanol–water partition coefficient (Wildman–Crippen LogP) is 3.83. The zero-order valence-corrected chi connectivity index (χ0v) is 18.1. The average Bonchev–Trinajstić information content (AvgIpc) is 3.13. The molecule has 0 aliphatic carbocycles. The molecule has 1 aromatic heterocycles. The molecule has 1 N–H and O–H groups in total. The van der Waals surface area contributed by atoms with E-state index in [0.717, 1.165) is 16.5 Å². The van der Waals surface area contributed by atoms with E-state index in [2.05, 4.69) is 5.32 Å². The van der Waals surface area contributed by atoms with Crippen molar-refractivity contribution in [3.8, 4) is 0 Å². The highest BCUT2D eigenvalue weighted by molar-refractivity contribution is 7.97. The van der Waals surface area contributed by atoms with Crippen LogP contribution in [0.2, 0.25) is 0 Å². The number of benzene rings is 2. The number of rotatable bonds is 6. The molecule has 0 radical (unpaired) electrons. The fraction of sp³-hybridized carbons (Fsp3) is 0.304. The summed E-state index contributed by atoms with van der Waals surface area (Å²) in [6.45, 7) is 2.39. The fourth-order valence-electron chi connectivity index (χ4n) is 3.78. The Labute approximate surface area is 184 Å². The van der Waals surface area contributed by atoms with Crippen LogP contribution in [0.5, 0.6) is 0 Å². The van der Waals surface area contributed by atoms with Crippen molar-refractivity contribution in [3.05, 3.63) is 65.7 Å². The summed E-state index contributed by atoms with van der Waals surface area (Å²) >= 11 is 1.65. The first-order chi connectivity index (χ1) is 15.0. The number of nitrogens with zero attached hydrogens (tertiary/aromatic N) is 2. The van der Waals surface area contributed by atoms with E-state index in [4.69, 9.17) is 4.42 Å². The normalized spacial score (nSPS) is 14.7. The smallest absolute Gasteiger partial charge is 0.290 e. The Bertz CT molecular complexity index is 1090. The number of thioether (sulfide) groups is 1. The molecular formula is C23H24FN3O3S. The van der Waals surface area contributed by atoms with Gasteiger partial charge in [0.05, 0.1) is 6.54 Å². The monoisotopic (exact) mass is 441 g/mol. The first-order valence-electron chi connectivity index (χ1n) is 10.1. The van der Waals surface area contributed by atoms with Gasteiger partial charge in [-0.1, -0.05) is 24.3 Å². The standard InChI is InChI=1S/C23H24FN3O3S/c1-31-15-19-18-7-2-3-8-20(18)30-22(19)23(29)27-11-9-26(10-12-27)14-21(28)25-17-6-4-5-16(24)13-17/h2-8,13H,9-12,14-15H2,1H3,(H,25,28). The Morgan fingerprint density at radius 3 is 2.61 bits per heavy atom. The van der Waals surface area contributed by atoms with E-state index in [1.165, 1.54) is 12.1 Å². The quantitative estimate of drug-likeness (QED) is 0.630. The summed E-state index contributed by atoms with van der Waals surface area (Å²) in [7, 11) is 0. The van der Waals surface area contributed by atoms with Crippen molar-refractivity contribution in [2.75, 3.05) is 44.3 Å². The molecule has 0 atom stereocenters. The molecule has 3 aromatic rings. The number of carbonyl (C=O) groups is 2. The minimum atomic E-state index is -0.392. The summed E-state index contributed by atoms with van der Waals surface area (Å²) in [5.74, 6) is 0.413. The molecule has 31 heavy (non-hydrogen) atoms. The SMILES string of the molecule is CSCc1c(C(=O)N2CCN(CC(=O)Nc3cccc(F)c3)CC2)oc2ccccc12. The van der Waals surface area contributed by atoms with E-state index >= 15 is 0 Å². The number of anilines is 1. The summed E-state index contributed by atoms with van der Waals surface area (Å²) in [5.41, 5.74) is 2.09. The number of carbonyl (C=O) groups excluding carboxylic acids is 2. The van der Waals surface area contributed by atoms with Gasteiger partial charge in [0, 0.05) is 48.6 Å². The highest BCUT2D eigenvalue weighted by Gasteiger charge is 2.28. The lowest BCUT2D eigenvalue weighted by Gasteiger charge is -2.34. The summed E-state index contributed by atoms with van der Waals surface area (Å²) in [5, 5.41) is 3.69. The van der Waals surface area contributed by atoms with Crippen molar-refractivity contribution in [3.63, 3.8) is 0 Å². The Kier molecular flexibility index (Phi) is 6.58. The summed E-state index contributed by atoms with van der Waals surface area (Å²) in [4.78, 5) is 29.2. The van der Waals surface area contributed by atoms with Gasteiger partial charge in [0.1, 0.15) is 11.4 Å². The van der Waals surface area contributed by atoms with Gasteiger partial charge >= 0.3 is 0 Å². The first-order valence-corrected chi connectivity index (χ1v) is 11.5. The summed E-state index contributed by atoms with van der Waals surface area (Å²) in [6, 6.07) is 13.5. The lowest BCUT2D eigenvalue weighted by Crippen LogP contribution is -2.50. The Hall–Kier alpha value is -2.84. The van der Waals surface area contributed by atoms with Crippen molar-refractivity contribution in [2.45, 2.75) is 5.75 Å². The van der Waals surface area contributed by atoms with Crippen LogP contribution in [0, 0.1) is 5.82 Å². The van der Waals surface area contributed by atoms with Crippen LogP contribution in [0.4, 0.5) is 10.1 Å². The molecule has 1 saturated heterocycles. The van der Waals surface area contributed by atoms with E-state index in [1.807, 2.05) is 35.4 Å². The van der Waals surface area contributed by atoms with Crippen LogP contribution in [0.25, 0.3) is 11.0 Å². The molecule has 8 heteroatoms. The van der Waals surface area contributed by atoms with Gasteiger partial charge in [0.2, 0.25) is 5.91 Å². The number of halogens is 1. The number of furan rings is 1. The topological polar surface area (TPSA) is 65.8 Å². The van der Waals surface area contributed by atoms with Crippen LogP contribution in [-0.2, 0) is 10.5 Å². The molecule has 1 aliphatic rings. The number of para-hydroxylation sites is 1. The van der Waals surface area contributed by atoms with Crippen molar-refractivity contribution in [1.29, 1.82) is 0 Å². The zero-order chi connectivity index (χ0) is 21.8. The maximum Gasteiger partial charge on any atom is 0.290 e. The molecule has 162 valence electrons. The van der Waals surface area contributed by atoms with E-state index in [0.29, 0.717) is 43.4 Å². The molecule has 4 rings (SSSR count). The lowest BCUT2D eigenvalue weighted by atomic mass is 10.1. The van der Waals surface area contributed by atoms with Gasteiger partial charge < -0.3 is 14.6 Å². The maximum atomic E-state index is 13.3. The van der Waals surface area contributed by atoms with Crippen LogP contribution in [0.15, 0.2) is 52.9 Å². The number of nitrogens with one attached hydrogen (secondary N) is 1. The molecule has 0 unspecified atom stereocenters. The van der Waals surface area contributed by atoms with Crippen LogP contribution in [-0.4, -0.2) is 60.6 Å². The Morgan fingerprint density at radius 2 is 1.87 bits per heavy atom. The number of fused-ring (bicyclic) bond motifs is 1. The molecule has 2 aromatic carbocycles. The van der Waals surface area contributed by atoms with E-state index in [9.17, 15) is 14.0 Å². The third-order valence-electron chi connectivity index (χ3n) is 5.32. The second kappa shape index (κ2) is 9.53. The largest absolute Gasteiger partial charge is 0.451 e. The fourth-order valence-corrected chi connectivity index (χ4v) is 4.36. The molecule has 2 amide bonds.